The second-order valence-electron chi connectivity index (χ2n) is 4.80. The highest BCUT2D eigenvalue weighted by atomic mass is 15.2. The zero-order valence-corrected chi connectivity index (χ0v) is 11.6. The van der Waals surface area contributed by atoms with Crippen molar-refractivity contribution in [2.45, 2.75) is 32.2 Å². The van der Waals surface area contributed by atoms with E-state index in [0.29, 0.717) is 6.54 Å². The molecule has 1 N–H and O–H groups in total. The minimum atomic E-state index is -0.510. The van der Waals surface area contributed by atoms with Gasteiger partial charge < -0.3 is 10.2 Å². The molecule has 0 saturated carbocycles. The first-order chi connectivity index (χ1) is 8.65. The number of benzene rings is 1. The summed E-state index contributed by atoms with van der Waals surface area (Å²) >= 11 is 0. The van der Waals surface area contributed by atoms with Gasteiger partial charge in [-0.3, -0.25) is 0 Å². The van der Waals surface area contributed by atoms with E-state index in [1.54, 1.807) is 0 Å². The van der Waals surface area contributed by atoms with Crippen LogP contribution in [0.3, 0.4) is 0 Å². The van der Waals surface area contributed by atoms with E-state index in [0.717, 1.165) is 19.4 Å². The molecule has 3 nitrogen and oxygen atoms in total. The van der Waals surface area contributed by atoms with E-state index in [1.165, 1.54) is 5.69 Å². The number of unbranched alkanes of at least 4 members (excludes halogenated alkanes) is 1. The van der Waals surface area contributed by atoms with E-state index in [-0.39, 0.29) is 0 Å². The fourth-order valence-corrected chi connectivity index (χ4v) is 1.84. The molecule has 0 aromatic heterocycles. The van der Waals surface area contributed by atoms with Crippen LogP contribution in [0.4, 0.5) is 5.69 Å². The molecule has 1 rings (SSSR count). The lowest BCUT2D eigenvalue weighted by Crippen LogP contribution is -2.49. The Morgan fingerprint density at radius 3 is 2.50 bits per heavy atom. The van der Waals surface area contributed by atoms with E-state index in [1.807, 2.05) is 32.2 Å². The summed E-state index contributed by atoms with van der Waals surface area (Å²) < 4.78 is 0. The molecule has 98 valence electrons. The van der Waals surface area contributed by atoms with Gasteiger partial charge in [-0.2, -0.15) is 5.26 Å². The maximum atomic E-state index is 9.27. The highest BCUT2D eigenvalue weighted by molar-refractivity contribution is 5.47. The molecule has 0 aliphatic rings. The van der Waals surface area contributed by atoms with Gasteiger partial charge in [0.05, 0.1) is 6.07 Å². The summed E-state index contributed by atoms with van der Waals surface area (Å²) in [6, 6.07) is 12.6. The van der Waals surface area contributed by atoms with Crippen LogP contribution < -0.4 is 10.2 Å². The van der Waals surface area contributed by atoms with Crippen LogP contribution in [0.2, 0.25) is 0 Å². The van der Waals surface area contributed by atoms with Crippen LogP contribution in [0.15, 0.2) is 30.3 Å². The Morgan fingerprint density at radius 2 is 2.00 bits per heavy atom. The van der Waals surface area contributed by atoms with Gasteiger partial charge in [-0.1, -0.05) is 31.5 Å². The first kappa shape index (κ1) is 14.5. The Balaban J connectivity index is 2.83. The van der Waals surface area contributed by atoms with Gasteiger partial charge >= 0.3 is 0 Å². The van der Waals surface area contributed by atoms with Crippen molar-refractivity contribution in [2.75, 3.05) is 25.0 Å². The van der Waals surface area contributed by atoms with Crippen molar-refractivity contribution < 1.29 is 0 Å². The van der Waals surface area contributed by atoms with Crippen LogP contribution >= 0.6 is 0 Å². The molecular formula is C15H23N3. The molecule has 0 spiro atoms. The fraction of sp³-hybridized carbons (Fsp3) is 0.533. The molecule has 1 atom stereocenters. The predicted octanol–water partition coefficient (Wildman–Crippen LogP) is 2.79. The van der Waals surface area contributed by atoms with Gasteiger partial charge in [0.15, 0.2) is 0 Å². The number of hydrogen-bond acceptors (Lipinski definition) is 3. The Bertz CT molecular complexity index is 382. The summed E-state index contributed by atoms with van der Waals surface area (Å²) in [4.78, 5) is 2.28. The SMILES string of the molecule is CCCCN(CC(C)(C#N)NC)c1ccccc1. The number of hydrogen-bond donors (Lipinski definition) is 1. The second kappa shape index (κ2) is 7.03. The number of rotatable bonds is 7. The van der Waals surface area contributed by atoms with Crippen molar-refractivity contribution >= 4 is 5.69 Å². The molecule has 0 fully saturated rings. The van der Waals surface area contributed by atoms with Crippen molar-refractivity contribution in [1.29, 1.82) is 5.26 Å². The van der Waals surface area contributed by atoms with Crippen LogP contribution in [0, 0.1) is 11.3 Å². The molecule has 0 heterocycles. The van der Waals surface area contributed by atoms with Gasteiger partial charge in [0.25, 0.3) is 0 Å². The largest absolute Gasteiger partial charge is 0.369 e. The summed E-state index contributed by atoms with van der Waals surface area (Å²) in [6.45, 7) is 5.81. The highest BCUT2D eigenvalue weighted by Crippen LogP contribution is 2.17. The first-order valence-corrected chi connectivity index (χ1v) is 6.55. The van der Waals surface area contributed by atoms with Crippen molar-refractivity contribution in [2.24, 2.45) is 0 Å². The zero-order valence-electron chi connectivity index (χ0n) is 11.6. The lowest BCUT2D eigenvalue weighted by atomic mass is 10.0. The summed E-state index contributed by atoms with van der Waals surface area (Å²) in [5.74, 6) is 0. The van der Waals surface area contributed by atoms with Crippen molar-refractivity contribution in [1.82, 2.24) is 5.32 Å². The van der Waals surface area contributed by atoms with Crippen LogP contribution in [0.5, 0.6) is 0 Å². The summed E-state index contributed by atoms with van der Waals surface area (Å²) in [5.41, 5.74) is 0.673. The number of nitriles is 1. The minimum Gasteiger partial charge on any atom is -0.369 e. The molecular weight excluding hydrogens is 222 g/mol. The van der Waals surface area contributed by atoms with Crippen LogP contribution in [0.25, 0.3) is 0 Å². The molecule has 0 amide bonds. The monoisotopic (exact) mass is 245 g/mol. The minimum absolute atomic E-state index is 0.510. The van der Waals surface area contributed by atoms with Crippen LogP contribution in [0.1, 0.15) is 26.7 Å². The van der Waals surface area contributed by atoms with Gasteiger partial charge in [-0.25, -0.2) is 0 Å². The van der Waals surface area contributed by atoms with Crippen molar-refractivity contribution in [3.63, 3.8) is 0 Å². The molecule has 0 saturated heterocycles. The molecule has 1 unspecified atom stereocenters. The van der Waals surface area contributed by atoms with Gasteiger partial charge in [-0.05, 0) is 32.5 Å². The average Bonchev–Trinajstić information content (AvgIpc) is 2.44. The van der Waals surface area contributed by atoms with Gasteiger partial charge in [-0.15, -0.1) is 0 Å². The fourth-order valence-electron chi connectivity index (χ4n) is 1.84. The third-order valence-corrected chi connectivity index (χ3v) is 3.21. The summed E-state index contributed by atoms with van der Waals surface area (Å²) in [7, 11) is 1.84. The normalized spacial score (nSPS) is 13.7. The third-order valence-electron chi connectivity index (χ3n) is 3.21. The lowest BCUT2D eigenvalue weighted by Gasteiger charge is -2.32. The molecule has 18 heavy (non-hydrogen) atoms. The number of nitrogens with zero attached hydrogens (tertiary/aromatic N) is 2. The second-order valence-corrected chi connectivity index (χ2v) is 4.80. The Labute approximate surface area is 110 Å². The zero-order chi connectivity index (χ0) is 13.4. The van der Waals surface area contributed by atoms with Crippen LogP contribution in [-0.2, 0) is 0 Å². The molecule has 0 bridgehead atoms. The van der Waals surface area contributed by atoms with Crippen molar-refractivity contribution in [3.8, 4) is 6.07 Å². The van der Waals surface area contributed by atoms with E-state index in [4.69, 9.17) is 0 Å². The van der Waals surface area contributed by atoms with E-state index < -0.39 is 5.54 Å². The number of nitrogens with one attached hydrogen (secondary N) is 1. The number of likely N-dealkylation sites (N-methyl/N-ethyl adjacent to an activating group) is 1. The number of anilines is 1. The Kier molecular flexibility index (Phi) is 5.67. The highest BCUT2D eigenvalue weighted by Gasteiger charge is 2.24. The third kappa shape index (κ3) is 4.05. The van der Waals surface area contributed by atoms with E-state index in [2.05, 4.69) is 35.3 Å². The van der Waals surface area contributed by atoms with Gasteiger partial charge in [0, 0.05) is 18.8 Å². The van der Waals surface area contributed by atoms with Crippen molar-refractivity contribution in [3.05, 3.63) is 30.3 Å². The summed E-state index contributed by atoms with van der Waals surface area (Å²) in [5, 5.41) is 12.4. The topological polar surface area (TPSA) is 39.1 Å². The smallest absolute Gasteiger partial charge is 0.121 e. The molecule has 0 radical (unpaired) electrons. The maximum Gasteiger partial charge on any atom is 0.121 e. The maximum absolute atomic E-state index is 9.27. The Morgan fingerprint density at radius 1 is 1.33 bits per heavy atom. The lowest BCUT2D eigenvalue weighted by molar-refractivity contribution is 0.478. The van der Waals surface area contributed by atoms with E-state index >= 15 is 0 Å². The molecule has 0 aliphatic heterocycles. The number of para-hydroxylation sites is 1. The first-order valence-electron chi connectivity index (χ1n) is 6.55. The average molecular weight is 245 g/mol. The van der Waals surface area contributed by atoms with Gasteiger partial charge in [0.1, 0.15) is 5.54 Å². The predicted molar refractivity (Wildman–Crippen MR) is 76.6 cm³/mol. The van der Waals surface area contributed by atoms with E-state index in [9.17, 15) is 5.26 Å². The molecule has 0 aliphatic carbocycles. The summed E-state index contributed by atoms with van der Waals surface area (Å²) in [6.07, 6.45) is 2.30. The molecule has 1 aromatic rings. The molecule has 1 aromatic carbocycles. The Hall–Kier alpha value is -1.53. The van der Waals surface area contributed by atoms with Crippen LogP contribution in [-0.4, -0.2) is 25.7 Å². The molecule has 3 heteroatoms. The van der Waals surface area contributed by atoms with Gasteiger partial charge in [0.2, 0.25) is 0 Å². The quantitative estimate of drug-likeness (QED) is 0.803. The standard InChI is InChI=1S/C15H23N3/c1-4-5-11-18(13-15(2,12-16)17-3)14-9-7-6-8-10-14/h6-10,17H,4-5,11,13H2,1-3H3.